The number of ether oxygens (including phenoxy) is 3. The molecule has 0 saturated carbocycles. The van der Waals surface area contributed by atoms with Crippen molar-refractivity contribution in [1.29, 1.82) is 0 Å². The molecule has 1 heterocycles. The zero-order valence-electron chi connectivity index (χ0n) is 16.0. The molecule has 0 bridgehead atoms. The van der Waals surface area contributed by atoms with Crippen LogP contribution in [0, 0.1) is 0 Å². The fourth-order valence-corrected chi connectivity index (χ4v) is 3.13. The molecule has 5 heteroatoms. The SMILES string of the molecule is CCC(=Cc1c[nH]c2ccccc12)C(=O)c1cc(OC)c(OC)c(OC)c1. The Morgan fingerprint density at radius 2 is 1.70 bits per heavy atom. The summed E-state index contributed by atoms with van der Waals surface area (Å²) in [6.07, 6.45) is 4.46. The molecule has 140 valence electrons. The van der Waals surface area contributed by atoms with Crippen molar-refractivity contribution in [2.75, 3.05) is 21.3 Å². The minimum absolute atomic E-state index is 0.0676. The van der Waals surface area contributed by atoms with E-state index < -0.39 is 0 Å². The number of carbonyl (C=O) groups is 1. The van der Waals surface area contributed by atoms with Gasteiger partial charge in [0.25, 0.3) is 0 Å². The Morgan fingerprint density at radius 3 is 2.30 bits per heavy atom. The number of rotatable bonds is 7. The summed E-state index contributed by atoms with van der Waals surface area (Å²) in [5.41, 5.74) is 3.23. The van der Waals surface area contributed by atoms with Crippen molar-refractivity contribution in [1.82, 2.24) is 4.98 Å². The third kappa shape index (κ3) is 3.53. The van der Waals surface area contributed by atoms with Gasteiger partial charge in [-0.25, -0.2) is 0 Å². The number of para-hydroxylation sites is 1. The summed E-state index contributed by atoms with van der Waals surface area (Å²) in [7, 11) is 4.61. The molecule has 0 radical (unpaired) electrons. The van der Waals surface area contributed by atoms with Gasteiger partial charge in [0, 0.05) is 33.8 Å². The Labute approximate surface area is 158 Å². The molecule has 0 aliphatic rings. The second-order valence-corrected chi connectivity index (χ2v) is 6.06. The minimum Gasteiger partial charge on any atom is -0.493 e. The molecule has 0 saturated heterocycles. The molecule has 3 aromatic rings. The van der Waals surface area contributed by atoms with E-state index >= 15 is 0 Å². The number of carbonyl (C=O) groups excluding carboxylic acids is 1. The Hall–Kier alpha value is -3.21. The number of Topliss-reactive ketones (excluding diaryl/α,β-unsaturated/α-hetero) is 1. The summed E-state index contributed by atoms with van der Waals surface area (Å²) < 4.78 is 16.1. The van der Waals surface area contributed by atoms with Gasteiger partial charge in [0.15, 0.2) is 17.3 Å². The zero-order chi connectivity index (χ0) is 19.4. The molecule has 0 aliphatic heterocycles. The van der Waals surface area contributed by atoms with Gasteiger partial charge < -0.3 is 19.2 Å². The van der Waals surface area contributed by atoms with E-state index in [1.807, 2.05) is 43.5 Å². The van der Waals surface area contributed by atoms with E-state index in [1.165, 1.54) is 21.3 Å². The summed E-state index contributed by atoms with van der Waals surface area (Å²) in [6.45, 7) is 1.97. The molecular formula is C22H23NO4. The lowest BCUT2D eigenvalue weighted by atomic mass is 9.98. The molecule has 0 atom stereocenters. The van der Waals surface area contributed by atoms with Crippen LogP contribution >= 0.6 is 0 Å². The second-order valence-electron chi connectivity index (χ2n) is 6.06. The van der Waals surface area contributed by atoms with Crippen LogP contribution in [0.25, 0.3) is 17.0 Å². The van der Waals surface area contributed by atoms with E-state index in [-0.39, 0.29) is 5.78 Å². The molecule has 0 unspecified atom stereocenters. The van der Waals surface area contributed by atoms with Gasteiger partial charge in [-0.2, -0.15) is 0 Å². The van der Waals surface area contributed by atoms with Gasteiger partial charge in [0.1, 0.15) is 0 Å². The third-order valence-electron chi connectivity index (χ3n) is 4.55. The highest BCUT2D eigenvalue weighted by atomic mass is 16.5. The Balaban J connectivity index is 2.05. The van der Waals surface area contributed by atoms with Crippen molar-refractivity contribution < 1.29 is 19.0 Å². The van der Waals surface area contributed by atoms with Gasteiger partial charge >= 0.3 is 0 Å². The van der Waals surface area contributed by atoms with Crippen LogP contribution in [0.3, 0.4) is 0 Å². The first-order valence-electron chi connectivity index (χ1n) is 8.74. The van der Waals surface area contributed by atoms with Gasteiger partial charge in [0.2, 0.25) is 5.75 Å². The number of H-pyrrole nitrogens is 1. The van der Waals surface area contributed by atoms with Crippen LogP contribution in [0.4, 0.5) is 0 Å². The van der Waals surface area contributed by atoms with Crippen molar-refractivity contribution in [2.45, 2.75) is 13.3 Å². The topological polar surface area (TPSA) is 60.6 Å². The molecule has 0 fully saturated rings. The van der Waals surface area contributed by atoms with Crippen molar-refractivity contribution in [3.05, 3.63) is 59.3 Å². The van der Waals surface area contributed by atoms with Gasteiger partial charge in [-0.15, -0.1) is 0 Å². The molecule has 0 aliphatic carbocycles. The highest BCUT2D eigenvalue weighted by Gasteiger charge is 2.19. The average Bonchev–Trinajstić information content (AvgIpc) is 3.13. The second kappa shape index (κ2) is 7.99. The monoisotopic (exact) mass is 365 g/mol. The number of hydrogen-bond donors (Lipinski definition) is 1. The predicted octanol–water partition coefficient (Wildman–Crippen LogP) is 4.87. The van der Waals surface area contributed by atoms with E-state index in [2.05, 4.69) is 4.98 Å². The van der Waals surface area contributed by atoms with E-state index in [0.717, 1.165) is 16.5 Å². The first-order valence-corrected chi connectivity index (χ1v) is 8.74. The van der Waals surface area contributed by atoms with E-state index in [4.69, 9.17) is 14.2 Å². The number of benzene rings is 2. The van der Waals surface area contributed by atoms with Crippen LogP contribution in [0.5, 0.6) is 17.2 Å². The average molecular weight is 365 g/mol. The third-order valence-corrected chi connectivity index (χ3v) is 4.55. The molecule has 1 aromatic heterocycles. The quantitative estimate of drug-likeness (QED) is 0.479. The highest BCUT2D eigenvalue weighted by molar-refractivity contribution is 6.12. The van der Waals surface area contributed by atoms with Crippen LogP contribution in [-0.2, 0) is 0 Å². The highest BCUT2D eigenvalue weighted by Crippen LogP contribution is 2.39. The number of nitrogens with one attached hydrogen (secondary N) is 1. The molecule has 1 N–H and O–H groups in total. The summed E-state index contributed by atoms with van der Waals surface area (Å²) in [5.74, 6) is 1.32. The Bertz CT molecular complexity index is 975. The van der Waals surface area contributed by atoms with Crippen molar-refractivity contribution in [2.24, 2.45) is 0 Å². The maximum atomic E-state index is 13.1. The summed E-state index contributed by atoms with van der Waals surface area (Å²) in [4.78, 5) is 16.4. The van der Waals surface area contributed by atoms with Crippen molar-refractivity contribution >= 4 is 22.8 Å². The molecule has 0 spiro atoms. The molecule has 27 heavy (non-hydrogen) atoms. The Morgan fingerprint density at radius 1 is 1.04 bits per heavy atom. The lowest BCUT2D eigenvalue weighted by Gasteiger charge is -2.14. The fourth-order valence-electron chi connectivity index (χ4n) is 3.13. The molecule has 0 amide bonds. The van der Waals surface area contributed by atoms with Gasteiger partial charge in [-0.1, -0.05) is 25.1 Å². The maximum Gasteiger partial charge on any atom is 0.203 e. The number of aromatic nitrogens is 1. The number of ketones is 1. The number of hydrogen-bond acceptors (Lipinski definition) is 4. The van der Waals surface area contributed by atoms with Crippen LogP contribution in [0.15, 0.2) is 48.2 Å². The zero-order valence-corrected chi connectivity index (χ0v) is 16.0. The maximum absolute atomic E-state index is 13.1. The molecule has 5 nitrogen and oxygen atoms in total. The van der Waals surface area contributed by atoms with Crippen LogP contribution in [-0.4, -0.2) is 32.1 Å². The fraction of sp³-hybridized carbons (Fsp3) is 0.227. The number of methoxy groups -OCH3 is 3. The van der Waals surface area contributed by atoms with Crippen molar-refractivity contribution in [3.63, 3.8) is 0 Å². The minimum atomic E-state index is -0.0676. The van der Waals surface area contributed by atoms with Crippen LogP contribution < -0.4 is 14.2 Å². The lowest BCUT2D eigenvalue weighted by Crippen LogP contribution is -2.05. The first kappa shape index (κ1) is 18.6. The normalized spacial score (nSPS) is 11.5. The van der Waals surface area contributed by atoms with Gasteiger partial charge in [-0.05, 0) is 30.7 Å². The molecule has 2 aromatic carbocycles. The van der Waals surface area contributed by atoms with Crippen molar-refractivity contribution in [3.8, 4) is 17.2 Å². The predicted molar refractivity (Wildman–Crippen MR) is 107 cm³/mol. The summed E-state index contributed by atoms with van der Waals surface area (Å²) >= 11 is 0. The van der Waals surface area contributed by atoms with Gasteiger partial charge in [-0.3, -0.25) is 4.79 Å². The van der Waals surface area contributed by atoms with E-state index in [0.29, 0.717) is 34.8 Å². The number of fused-ring (bicyclic) bond motifs is 1. The molecule has 3 rings (SSSR count). The van der Waals surface area contributed by atoms with E-state index in [1.54, 1.807) is 12.1 Å². The standard InChI is InChI=1S/C22H23NO4/c1-5-14(10-16-13-23-18-9-7-6-8-17(16)18)21(24)15-11-19(25-2)22(27-4)20(12-15)26-3/h6-13,23H,5H2,1-4H3. The summed E-state index contributed by atoms with van der Waals surface area (Å²) in [5, 5.41) is 1.08. The van der Waals surface area contributed by atoms with E-state index in [9.17, 15) is 4.79 Å². The van der Waals surface area contributed by atoms with Crippen LogP contribution in [0.1, 0.15) is 29.3 Å². The smallest absolute Gasteiger partial charge is 0.203 e. The molecular weight excluding hydrogens is 342 g/mol. The van der Waals surface area contributed by atoms with Gasteiger partial charge in [0.05, 0.1) is 21.3 Å². The number of aromatic amines is 1. The number of allylic oxidation sites excluding steroid dienone is 1. The Kier molecular flexibility index (Phi) is 5.50. The summed E-state index contributed by atoms with van der Waals surface area (Å²) in [6, 6.07) is 11.4. The first-order chi connectivity index (χ1) is 13.1. The largest absolute Gasteiger partial charge is 0.493 e. The lowest BCUT2D eigenvalue weighted by molar-refractivity contribution is 0.103. The van der Waals surface area contributed by atoms with Crippen LogP contribution in [0.2, 0.25) is 0 Å².